The lowest BCUT2D eigenvalue weighted by atomic mass is 9.89. The van der Waals surface area contributed by atoms with E-state index in [4.69, 9.17) is 0 Å². The standard InChI is InChI=1S/C17H20N4O2/c1-11-9-15(21(2)20-11)19-16(22)8-7-13-10-12-5-3-4-6-14(12)18-17(13)23/h3-6,9,13H,7-8,10H2,1-2H3,(H,18,23)(H,19,22)/t13-/m0/s1. The van der Waals surface area contributed by atoms with Crippen molar-refractivity contribution < 1.29 is 9.59 Å². The van der Waals surface area contributed by atoms with Gasteiger partial charge in [0.05, 0.1) is 5.69 Å². The molecule has 2 aromatic rings. The molecule has 2 heterocycles. The van der Waals surface area contributed by atoms with Crippen molar-refractivity contribution in [3.05, 3.63) is 41.6 Å². The molecule has 23 heavy (non-hydrogen) atoms. The highest BCUT2D eigenvalue weighted by Crippen LogP contribution is 2.27. The Morgan fingerprint density at radius 3 is 2.96 bits per heavy atom. The highest BCUT2D eigenvalue weighted by molar-refractivity contribution is 5.96. The zero-order valence-corrected chi connectivity index (χ0v) is 13.3. The first-order valence-corrected chi connectivity index (χ1v) is 7.72. The highest BCUT2D eigenvalue weighted by atomic mass is 16.2. The van der Waals surface area contributed by atoms with Gasteiger partial charge in [-0.1, -0.05) is 18.2 Å². The number of fused-ring (bicyclic) bond motifs is 1. The second-order valence-electron chi connectivity index (χ2n) is 5.93. The molecule has 1 aliphatic heterocycles. The van der Waals surface area contributed by atoms with E-state index in [1.807, 2.05) is 37.3 Å². The fraction of sp³-hybridized carbons (Fsp3) is 0.353. The normalized spacial score (nSPS) is 16.6. The second-order valence-corrected chi connectivity index (χ2v) is 5.93. The Bertz CT molecular complexity index is 751. The van der Waals surface area contributed by atoms with E-state index in [9.17, 15) is 9.59 Å². The molecule has 3 rings (SSSR count). The van der Waals surface area contributed by atoms with E-state index in [-0.39, 0.29) is 17.7 Å². The molecular weight excluding hydrogens is 292 g/mol. The topological polar surface area (TPSA) is 76.0 Å². The fourth-order valence-electron chi connectivity index (χ4n) is 2.88. The summed E-state index contributed by atoms with van der Waals surface area (Å²) >= 11 is 0. The zero-order valence-electron chi connectivity index (χ0n) is 13.3. The predicted molar refractivity (Wildman–Crippen MR) is 88.1 cm³/mol. The second kappa shape index (κ2) is 6.24. The van der Waals surface area contributed by atoms with Crippen LogP contribution < -0.4 is 10.6 Å². The maximum Gasteiger partial charge on any atom is 0.227 e. The summed E-state index contributed by atoms with van der Waals surface area (Å²) in [5, 5.41) is 9.93. The van der Waals surface area contributed by atoms with Crippen LogP contribution in [0.25, 0.3) is 0 Å². The Kier molecular flexibility index (Phi) is 4.14. The van der Waals surface area contributed by atoms with Gasteiger partial charge in [0.2, 0.25) is 11.8 Å². The number of nitrogens with zero attached hydrogens (tertiary/aromatic N) is 2. The first-order valence-electron chi connectivity index (χ1n) is 7.72. The average molecular weight is 312 g/mol. The molecule has 2 N–H and O–H groups in total. The molecule has 0 unspecified atom stereocenters. The number of nitrogens with one attached hydrogen (secondary N) is 2. The monoisotopic (exact) mass is 312 g/mol. The van der Waals surface area contributed by atoms with E-state index in [2.05, 4.69) is 15.7 Å². The van der Waals surface area contributed by atoms with Crippen LogP contribution in [-0.2, 0) is 23.1 Å². The fourth-order valence-corrected chi connectivity index (χ4v) is 2.88. The summed E-state index contributed by atoms with van der Waals surface area (Å²) in [6.45, 7) is 1.87. The molecule has 1 aliphatic rings. The maximum atomic E-state index is 12.1. The van der Waals surface area contributed by atoms with Gasteiger partial charge in [-0.25, -0.2) is 0 Å². The number of benzene rings is 1. The lowest BCUT2D eigenvalue weighted by molar-refractivity contribution is -0.121. The van der Waals surface area contributed by atoms with Gasteiger partial charge in [-0.3, -0.25) is 14.3 Å². The minimum Gasteiger partial charge on any atom is -0.326 e. The number of carbonyl (C=O) groups excluding carboxylic acids is 2. The third-order valence-corrected chi connectivity index (χ3v) is 4.10. The molecule has 2 amide bonds. The van der Waals surface area contributed by atoms with Crippen LogP contribution in [0.3, 0.4) is 0 Å². The summed E-state index contributed by atoms with van der Waals surface area (Å²) in [6.07, 6.45) is 1.52. The number of aromatic nitrogens is 2. The molecule has 0 aliphatic carbocycles. The minimum absolute atomic E-state index is 0.00659. The molecule has 0 bridgehead atoms. The smallest absolute Gasteiger partial charge is 0.227 e. The van der Waals surface area contributed by atoms with Crippen molar-refractivity contribution in [1.82, 2.24) is 9.78 Å². The van der Waals surface area contributed by atoms with Crippen molar-refractivity contribution in [2.24, 2.45) is 13.0 Å². The molecule has 0 fully saturated rings. The van der Waals surface area contributed by atoms with Crippen LogP contribution in [0.15, 0.2) is 30.3 Å². The minimum atomic E-state index is -0.163. The molecule has 6 nitrogen and oxygen atoms in total. The van der Waals surface area contributed by atoms with E-state index in [1.165, 1.54) is 0 Å². The van der Waals surface area contributed by atoms with Crippen molar-refractivity contribution in [2.45, 2.75) is 26.2 Å². The maximum absolute atomic E-state index is 12.1. The van der Waals surface area contributed by atoms with Crippen molar-refractivity contribution >= 4 is 23.3 Å². The van der Waals surface area contributed by atoms with Gasteiger partial charge in [0.25, 0.3) is 0 Å². The summed E-state index contributed by atoms with van der Waals surface area (Å²) in [5.74, 6) is 0.405. The van der Waals surface area contributed by atoms with Gasteiger partial charge in [-0.05, 0) is 31.4 Å². The van der Waals surface area contributed by atoms with Crippen LogP contribution in [-0.4, -0.2) is 21.6 Å². The van der Waals surface area contributed by atoms with Crippen molar-refractivity contribution in [2.75, 3.05) is 10.6 Å². The van der Waals surface area contributed by atoms with Crippen LogP contribution >= 0.6 is 0 Å². The predicted octanol–water partition coefficient (Wildman–Crippen LogP) is 2.26. The van der Waals surface area contributed by atoms with Gasteiger partial charge in [0, 0.05) is 31.1 Å². The van der Waals surface area contributed by atoms with E-state index < -0.39 is 0 Å². The van der Waals surface area contributed by atoms with Crippen molar-refractivity contribution in [1.29, 1.82) is 0 Å². The van der Waals surface area contributed by atoms with Gasteiger partial charge >= 0.3 is 0 Å². The molecule has 1 atom stereocenters. The third kappa shape index (κ3) is 3.41. The third-order valence-electron chi connectivity index (χ3n) is 4.10. The summed E-state index contributed by atoms with van der Waals surface area (Å²) in [5.41, 5.74) is 2.86. The number of amides is 2. The molecule has 120 valence electrons. The first-order chi connectivity index (χ1) is 11.0. The van der Waals surface area contributed by atoms with Crippen LogP contribution in [0.1, 0.15) is 24.1 Å². The molecular formula is C17H20N4O2. The Hall–Kier alpha value is -2.63. The van der Waals surface area contributed by atoms with Crippen LogP contribution in [0, 0.1) is 12.8 Å². The van der Waals surface area contributed by atoms with Crippen molar-refractivity contribution in [3.8, 4) is 0 Å². The zero-order chi connectivity index (χ0) is 16.4. The molecule has 6 heteroatoms. The van der Waals surface area contributed by atoms with Crippen LogP contribution in [0.5, 0.6) is 0 Å². The molecule has 1 aromatic heterocycles. The summed E-state index contributed by atoms with van der Waals surface area (Å²) in [4.78, 5) is 24.2. The largest absolute Gasteiger partial charge is 0.326 e. The summed E-state index contributed by atoms with van der Waals surface area (Å²) < 4.78 is 1.64. The van der Waals surface area contributed by atoms with Gasteiger partial charge < -0.3 is 10.6 Å². The van der Waals surface area contributed by atoms with E-state index >= 15 is 0 Å². The Morgan fingerprint density at radius 2 is 2.22 bits per heavy atom. The van der Waals surface area contributed by atoms with E-state index in [1.54, 1.807) is 11.7 Å². The molecule has 0 spiro atoms. The lowest BCUT2D eigenvalue weighted by Crippen LogP contribution is -2.30. The number of anilines is 2. The number of aryl methyl sites for hydroxylation is 2. The van der Waals surface area contributed by atoms with E-state index in [0.29, 0.717) is 25.1 Å². The number of hydrogen-bond donors (Lipinski definition) is 2. The Balaban J connectivity index is 1.57. The molecule has 1 aromatic carbocycles. The number of para-hydroxylation sites is 1. The van der Waals surface area contributed by atoms with Gasteiger partial charge in [0.15, 0.2) is 0 Å². The van der Waals surface area contributed by atoms with Gasteiger partial charge in [0.1, 0.15) is 5.82 Å². The molecule has 0 saturated heterocycles. The van der Waals surface area contributed by atoms with Crippen molar-refractivity contribution in [3.63, 3.8) is 0 Å². The number of hydrogen-bond acceptors (Lipinski definition) is 3. The highest BCUT2D eigenvalue weighted by Gasteiger charge is 2.26. The first kappa shape index (κ1) is 15.3. The molecule has 0 radical (unpaired) electrons. The summed E-state index contributed by atoms with van der Waals surface area (Å²) in [7, 11) is 1.79. The Morgan fingerprint density at radius 1 is 1.43 bits per heavy atom. The van der Waals surface area contributed by atoms with Gasteiger partial charge in [-0.2, -0.15) is 5.10 Å². The number of rotatable bonds is 4. The number of carbonyl (C=O) groups is 2. The molecule has 0 saturated carbocycles. The van der Waals surface area contributed by atoms with Gasteiger partial charge in [-0.15, -0.1) is 0 Å². The summed E-state index contributed by atoms with van der Waals surface area (Å²) in [6, 6.07) is 9.61. The average Bonchev–Trinajstić information content (AvgIpc) is 2.82. The lowest BCUT2D eigenvalue weighted by Gasteiger charge is -2.24. The van der Waals surface area contributed by atoms with E-state index in [0.717, 1.165) is 16.9 Å². The quantitative estimate of drug-likeness (QED) is 0.909. The van der Waals surface area contributed by atoms with Crippen LogP contribution in [0.2, 0.25) is 0 Å². The van der Waals surface area contributed by atoms with Crippen LogP contribution in [0.4, 0.5) is 11.5 Å². The Labute approximate surface area is 134 Å². The SMILES string of the molecule is Cc1cc(NC(=O)CC[C@H]2Cc3ccccc3NC2=O)n(C)n1.